The molecule has 0 bridgehead atoms. The maximum atomic E-state index is 14.0. The van der Waals surface area contributed by atoms with Crippen molar-refractivity contribution in [2.75, 3.05) is 6.61 Å². The van der Waals surface area contributed by atoms with Crippen molar-refractivity contribution in [3.8, 4) is 0 Å². The number of amides is 2. The Morgan fingerprint density at radius 3 is 2.14 bits per heavy atom. The van der Waals surface area contributed by atoms with Crippen LogP contribution in [0.2, 0.25) is 0 Å². The maximum Gasteiger partial charge on any atom is 0.417 e. The van der Waals surface area contributed by atoms with E-state index in [2.05, 4.69) is 32.9 Å². The molecule has 1 fully saturated rings. The molecule has 5 nitrogen and oxygen atoms in total. The highest BCUT2D eigenvalue weighted by Gasteiger charge is 2.41. The number of carbonyl (C=O) groups is 3. The number of hydrogen-bond acceptors (Lipinski definition) is 4. The van der Waals surface area contributed by atoms with Crippen molar-refractivity contribution < 1.29 is 19.1 Å². The van der Waals surface area contributed by atoms with Crippen molar-refractivity contribution in [3.63, 3.8) is 0 Å². The fourth-order valence-corrected chi connectivity index (χ4v) is 4.61. The number of rotatable bonds is 7. The van der Waals surface area contributed by atoms with Gasteiger partial charge in [-0.3, -0.25) is 9.59 Å². The van der Waals surface area contributed by atoms with Crippen molar-refractivity contribution in [2.45, 2.75) is 57.9 Å². The van der Waals surface area contributed by atoms with Gasteiger partial charge in [0, 0.05) is 5.56 Å². The molecule has 1 saturated heterocycles. The summed E-state index contributed by atoms with van der Waals surface area (Å²) < 4.78 is 5.34. The third-order valence-electron chi connectivity index (χ3n) is 6.79. The Labute approximate surface area is 213 Å². The molecule has 36 heavy (non-hydrogen) atoms. The summed E-state index contributed by atoms with van der Waals surface area (Å²) in [5.41, 5.74) is 4.60. The van der Waals surface area contributed by atoms with Gasteiger partial charge in [-0.2, -0.15) is 0 Å². The summed E-state index contributed by atoms with van der Waals surface area (Å²) in [6.45, 7) is 8.16. The van der Waals surface area contributed by atoms with Crippen LogP contribution in [-0.2, 0) is 27.8 Å². The standard InChI is InChI=1S/C31H33NO4/c1-21(33)24-12-10-23(11-13-24)19-28(25-14-16-26(17-15-25)31(2,3)4)29(34)32-27(20-36-30(32)35)18-22-8-6-5-7-9-22/h5-17,27-28H,18-20H2,1-4H3/t27-,28-/m1/s1. The van der Waals surface area contributed by atoms with Crippen LogP contribution in [0.25, 0.3) is 0 Å². The smallest absolute Gasteiger partial charge is 0.417 e. The molecular weight excluding hydrogens is 450 g/mol. The van der Waals surface area contributed by atoms with E-state index >= 15 is 0 Å². The van der Waals surface area contributed by atoms with Crippen LogP contribution in [0.15, 0.2) is 78.9 Å². The van der Waals surface area contributed by atoms with Gasteiger partial charge >= 0.3 is 6.09 Å². The first-order chi connectivity index (χ1) is 17.1. The fraction of sp³-hybridized carbons (Fsp3) is 0.323. The molecule has 186 valence electrons. The second-order valence-corrected chi connectivity index (χ2v) is 10.5. The predicted molar refractivity (Wildman–Crippen MR) is 140 cm³/mol. The number of carbonyl (C=O) groups excluding carboxylic acids is 3. The van der Waals surface area contributed by atoms with E-state index in [1.807, 2.05) is 54.6 Å². The lowest BCUT2D eigenvalue weighted by atomic mass is 9.84. The fourth-order valence-electron chi connectivity index (χ4n) is 4.61. The Kier molecular flexibility index (Phi) is 7.39. The zero-order valence-electron chi connectivity index (χ0n) is 21.4. The molecule has 0 spiro atoms. The maximum absolute atomic E-state index is 14.0. The summed E-state index contributed by atoms with van der Waals surface area (Å²) in [4.78, 5) is 39.8. The van der Waals surface area contributed by atoms with Crippen LogP contribution in [-0.4, -0.2) is 35.3 Å². The van der Waals surface area contributed by atoms with Gasteiger partial charge in [-0.15, -0.1) is 0 Å². The lowest BCUT2D eigenvalue weighted by Gasteiger charge is -2.26. The van der Waals surface area contributed by atoms with E-state index in [0.29, 0.717) is 18.4 Å². The number of hydrogen-bond donors (Lipinski definition) is 0. The van der Waals surface area contributed by atoms with Crippen molar-refractivity contribution in [2.24, 2.45) is 0 Å². The molecule has 0 N–H and O–H groups in total. The van der Waals surface area contributed by atoms with Crippen molar-refractivity contribution in [1.82, 2.24) is 4.90 Å². The van der Waals surface area contributed by atoms with Crippen LogP contribution >= 0.6 is 0 Å². The summed E-state index contributed by atoms with van der Waals surface area (Å²) in [6.07, 6.45) is 0.360. The second-order valence-electron chi connectivity index (χ2n) is 10.5. The van der Waals surface area contributed by atoms with Crippen LogP contribution in [0.1, 0.15) is 66.2 Å². The summed E-state index contributed by atoms with van der Waals surface area (Å²) in [6, 6.07) is 24.9. The highest BCUT2D eigenvalue weighted by molar-refractivity contribution is 5.97. The van der Waals surface area contributed by atoms with Crippen molar-refractivity contribution in [3.05, 3.63) is 107 Å². The van der Waals surface area contributed by atoms with Crippen molar-refractivity contribution >= 4 is 17.8 Å². The molecule has 0 aliphatic carbocycles. The van der Waals surface area contributed by atoms with Gasteiger partial charge < -0.3 is 4.74 Å². The van der Waals surface area contributed by atoms with Crippen LogP contribution in [0.5, 0.6) is 0 Å². The first kappa shape index (κ1) is 25.4. The molecule has 1 aliphatic rings. The van der Waals surface area contributed by atoms with Crippen LogP contribution in [0, 0.1) is 0 Å². The van der Waals surface area contributed by atoms with E-state index in [0.717, 1.165) is 16.7 Å². The van der Waals surface area contributed by atoms with E-state index in [9.17, 15) is 14.4 Å². The van der Waals surface area contributed by atoms with Gasteiger partial charge in [-0.25, -0.2) is 9.69 Å². The molecule has 3 aromatic carbocycles. The van der Waals surface area contributed by atoms with E-state index < -0.39 is 12.0 Å². The monoisotopic (exact) mass is 483 g/mol. The second kappa shape index (κ2) is 10.5. The Morgan fingerprint density at radius 1 is 0.917 bits per heavy atom. The van der Waals surface area contributed by atoms with Gasteiger partial charge in [0.05, 0.1) is 12.0 Å². The molecule has 4 rings (SSSR count). The minimum Gasteiger partial charge on any atom is -0.447 e. The zero-order chi connectivity index (χ0) is 25.9. The molecule has 3 aromatic rings. The molecule has 2 atom stereocenters. The Morgan fingerprint density at radius 2 is 1.56 bits per heavy atom. The number of nitrogens with zero attached hydrogens (tertiary/aromatic N) is 1. The van der Waals surface area contributed by atoms with Gasteiger partial charge in [0.25, 0.3) is 0 Å². The van der Waals surface area contributed by atoms with Gasteiger partial charge in [0.2, 0.25) is 5.91 Å². The molecule has 1 aliphatic heterocycles. The quantitative estimate of drug-likeness (QED) is 0.381. The van der Waals surface area contributed by atoms with Gasteiger partial charge in [-0.1, -0.05) is 99.6 Å². The summed E-state index contributed by atoms with van der Waals surface area (Å²) in [7, 11) is 0. The topological polar surface area (TPSA) is 63.7 Å². The number of ether oxygens (including phenoxy) is 1. The SMILES string of the molecule is CC(=O)c1ccc(C[C@@H](C(=O)N2C(=O)OC[C@H]2Cc2ccccc2)c2ccc(C(C)(C)C)cc2)cc1. The van der Waals surface area contributed by atoms with E-state index in [1.165, 1.54) is 17.4 Å². The zero-order valence-corrected chi connectivity index (χ0v) is 21.4. The highest BCUT2D eigenvalue weighted by atomic mass is 16.6. The molecule has 0 radical (unpaired) electrons. The largest absolute Gasteiger partial charge is 0.447 e. The molecule has 2 amide bonds. The lowest BCUT2D eigenvalue weighted by molar-refractivity contribution is -0.130. The molecule has 0 saturated carbocycles. The Bertz CT molecular complexity index is 1220. The minimum atomic E-state index is -0.593. The molecular formula is C31H33NO4. The number of imide groups is 1. The average Bonchev–Trinajstić information content (AvgIpc) is 3.22. The molecule has 0 unspecified atom stereocenters. The molecule has 5 heteroatoms. The lowest BCUT2D eigenvalue weighted by Crippen LogP contribution is -2.43. The first-order valence-corrected chi connectivity index (χ1v) is 12.4. The van der Waals surface area contributed by atoms with Crippen LogP contribution < -0.4 is 0 Å². The van der Waals surface area contributed by atoms with Crippen LogP contribution in [0.3, 0.4) is 0 Å². The third-order valence-corrected chi connectivity index (χ3v) is 6.79. The summed E-state index contributed by atoms with van der Waals surface area (Å²) >= 11 is 0. The summed E-state index contributed by atoms with van der Waals surface area (Å²) in [5.74, 6) is -0.834. The van der Waals surface area contributed by atoms with E-state index in [4.69, 9.17) is 4.74 Å². The molecule has 0 aromatic heterocycles. The summed E-state index contributed by atoms with van der Waals surface area (Å²) in [5, 5.41) is 0. The number of ketones is 1. The molecule has 1 heterocycles. The van der Waals surface area contributed by atoms with Gasteiger partial charge in [0.15, 0.2) is 5.78 Å². The average molecular weight is 484 g/mol. The predicted octanol–water partition coefficient (Wildman–Crippen LogP) is 6.10. The normalized spacial score (nSPS) is 16.5. The number of Topliss-reactive ketones (excluding diaryl/α,β-unsaturated/α-hetero) is 1. The highest BCUT2D eigenvalue weighted by Crippen LogP contribution is 2.30. The van der Waals surface area contributed by atoms with Gasteiger partial charge in [-0.05, 0) is 47.4 Å². The van der Waals surface area contributed by atoms with Crippen LogP contribution in [0.4, 0.5) is 4.79 Å². The van der Waals surface area contributed by atoms with Crippen molar-refractivity contribution in [1.29, 1.82) is 0 Å². The number of cyclic esters (lactones) is 1. The first-order valence-electron chi connectivity index (χ1n) is 12.4. The van der Waals surface area contributed by atoms with E-state index in [-0.39, 0.29) is 29.8 Å². The Balaban J connectivity index is 1.66. The van der Waals surface area contributed by atoms with Gasteiger partial charge in [0.1, 0.15) is 6.61 Å². The third kappa shape index (κ3) is 5.73. The Hall–Kier alpha value is -3.73. The minimum absolute atomic E-state index is 0.00416. The number of benzene rings is 3. The van der Waals surface area contributed by atoms with E-state index in [1.54, 1.807) is 12.1 Å².